The Morgan fingerprint density at radius 3 is 2.69 bits per heavy atom. The fourth-order valence-corrected chi connectivity index (χ4v) is 2.44. The Morgan fingerprint density at radius 1 is 1.23 bits per heavy atom. The second-order valence-electron chi connectivity index (χ2n) is 6.04. The zero-order valence-electron chi connectivity index (χ0n) is 15.0. The maximum atomic E-state index is 12.3. The average Bonchev–Trinajstić information content (AvgIpc) is 3.11. The lowest BCUT2D eigenvalue weighted by Gasteiger charge is -2.13. The largest absolute Gasteiger partial charge is 0.481 e. The summed E-state index contributed by atoms with van der Waals surface area (Å²) in [4.78, 5) is 16.5. The first-order valence-corrected chi connectivity index (χ1v) is 8.52. The first-order valence-electron chi connectivity index (χ1n) is 8.52. The molecule has 1 aromatic heterocycles. The number of anilines is 1. The van der Waals surface area contributed by atoms with Crippen molar-refractivity contribution in [3.05, 3.63) is 59.7 Å². The van der Waals surface area contributed by atoms with Crippen LogP contribution in [0.5, 0.6) is 5.75 Å². The van der Waals surface area contributed by atoms with Gasteiger partial charge in [0.1, 0.15) is 5.75 Å². The molecule has 0 aliphatic heterocycles. The zero-order chi connectivity index (χ0) is 18.5. The Hall–Kier alpha value is -3.15. The highest BCUT2D eigenvalue weighted by Gasteiger charge is 2.18. The number of amides is 1. The third kappa shape index (κ3) is 4.27. The molecule has 0 saturated heterocycles. The molecule has 2 aromatic carbocycles. The monoisotopic (exact) mass is 351 g/mol. The number of carbonyl (C=O) groups excluding carboxylic acids is 1. The van der Waals surface area contributed by atoms with E-state index >= 15 is 0 Å². The first-order chi connectivity index (χ1) is 12.5. The van der Waals surface area contributed by atoms with Gasteiger partial charge in [0.2, 0.25) is 0 Å². The molecule has 1 atom stereocenters. The van der Waals surface area contributed by atoms with Crippen LogP contribution in [-0.4, -0.2) is 22.2 Å². The van der Waals surface area contributed by atoms with Gasteiger partial charge in [-0.25, -0.2) is 0 Å². The molecular formula is C20H21N3O3. The van der Waals surface area contributed by atoms with Gasteiger partial charge in [-0.3, -0.25) is 10.1 Å². The van der Waals surface area contributed by atoms with Gasteiger partial charge in [0.05, 0.1) is 0 Å². The fraction of sp³-hybridized carbons (Fsp3) is 0.250. The summed E-state index contributed by atoms with van der Waals surface area (Å²) >= 11 is 0. The van der Waals surface area contributed by atoms with Crippen molar-refractivity contribution in [3.63, 3.8) is 0 Å². The Labute approximate surface area is 152 Å². The molecular weight excluding hydrogens is 330 g/mol. The van der Waals surface area contributed by atoms with Gasteiger partial charge in [0.25, 0.3) is 17.7 Å². The highest BCUT2D eigenvalue weighted by molar-refractivity contribution is 5.92. The highest BCUT2D eigenvalue weighted by Crippen LogP contribution is 2.20. The van der Waals surface area contributed by atoms with E-state index in [0.29, 0.717) is 11.6 Å². The van der Waals surface area contributed by atoms with E-state index < -0.39 is 6.10 Å². The molecule has 1 heterocycles. The number of rotatable bonds is 6. The van der Waals surface area contributed by atoms with Gasteiger partial charge in [-0.05, 0) is 55.3 Å². The topological polar surface area (TPSA) is 77.2 Å². The van der Waals surface area contributed by atoms with Crippen molar-refractivity contribution in [3.8, 4) is 17.2 Å². The van der Waals surface area contributed by atoms with Crippen LogP contribution in [0.25, 0.3) is 11.5 Å². The molecule has 0 radical (unpaired) electrons. The van der Waals surface area contributed by atoms with Gasteiger partial charge >= 0.3 is 0 Å². The zero-order valence-corrected chi connectivity index (χ0v) is 15.0. The molecule has 134 valence electrons. The number of aryl methyl sites for hydroxylation is 2. The lowest BCUT2D eigenvalue weighted by atomic mass is 10.1. The summed E-state index contributed by atoms with van der Waals surface area (Å²) in [6.45, 7) is 5.74. The van der Waals surface area contributed by atoms with Crippen LogP contribution in [0.15, 0.2) is 53.1 Å². The number of benzene rings is 2. The standard InChI is InChI=1S/C20H21N3O3/c1-4-15-8-10-17(11-9-15)25-14(3)18(24)21-20-22-19(26-23-20)16-7-5-6-13(2)12-16/h5-12,14H,4H2,1-3H3,(H,21,23,24). The van der Waals surface area contributed by atoms with Crippen molar-refractivity contribution in [2.75, 3.05) is 5.32 Å². The number of nitrogens with zero attached hydrogens (tertiary/aromatic N) is 2. The van der Waals surface area contributed by atoms with Gasteiger partial charge in [-0.15, -0.1) is 0 Å². The third-order valence-electron chi connectivity index (χ3n) is 3.94. The molecule has 26 heavy (non-hydrogen) atoms. The fourth-order valence-electron chi connectivity index (χ4n) is 2.44. The summed E-state index contributed by atoms with van der Waals surface area (Å²) in [7, 11) is 0. The molecule has 0 aliphatic carbocycles. The van der Waals surface area contributed by atoms with E-state index in [1.54, 1.807) is 6.92 Å². The summed E-state index contributed by atoms with van der Waals surface area (Å²) in [5.41, 5.74) is 3.10. The Kier molecular flexibility index (Phi) is 5.31. The molecule has 0 bridgehead atoms. The normalized spacial score (nSPS) is 11.8. The van der Waals surface area contributed by atoms with Crippen LogP contribution in [0.4, 0.5) is 5.95 Å². The average molecular weight is 351 g/mol. The van der Waals surface area contributed by atoms with Crippen LogP contribution in [-0.2, 0) is 11.2 Å². The van der Waals surface area contributed by atoms with Crippen LogP contribution >= 0.6 is 0 Å². The van der Waals surface area contributed by atoms with Gasteiger partial charge in [-0.1, -0.05) is 36.8 Å². The van der Waals surface area contributed by atoms with Gasteiger partial charge in [-0.2, -0.15) is 4.98 Å². The molecule has 6 heteroatoms. The van der Waals surface area contributed by atoms with Crippen LogP contribution in [0.3, 0.4) is 0 Å². The number of hydrogen-bond acceptors (Lipinski definition) is 5. The Morgan fingerprint density at radius 2 is 2.00 bits per heavy atom. The van der Waals surface area contributed by atoms with E-state index in [1.165, 1.54) is 5.56 Å². The van der Waals surface area contributed by atoms with E-state index in [0.717, 1.165) is 17.5 Å². The predicted molar refractivity (Wildman–Crippen MR) is 99.0 cm³/mol. The SMILES string of the molecule is CCc1ccc(OC(C)C(=O)Nc2noc(-c3cccc(C)c3)n2)cc1. The predicted octanol–water partition coefficient (Wildman–Crippen LogP) is 4.01. The summed E-state index contributed by atoms with van der Waals surface area (Å²) in [5, 5.41) is 6.41. The second kappa shape index (κ2) is 7.82. The van der Waals surface area contributed by atoms with E-state index in [4.69, 9.17) is 9.26 Å². The number of aromatic nitrogens is 2. The Balaban J connectivity index is 1.62. The maximum Gasteiger partial charge on any atom is 0.270 e. The molecule has 0 spiro atoms. The minimum absolute atomic E-state index is 0.114. The summed E-state index contributed by atoms with van der Waals surface area (Å²) in [6.07, 6.45) is 0.264. The Bertz CT molecular complexity index is 887. The maximum absolute atomic E-state index is 12.3. The van der Waals surface area contributed by atoms with E-state index in [1.807, 2.05) is 55.5 Å². The molecule has 0 fully saturated rings. The lowest BCUT2D eigenvalue weighted by molar-refractivity contribution is -0.122. The summed E-state index contributed by atoms with van der Waals surface area (Å²) < 4.78 is 10.9. The quantitative estimate of drug-likeness (QED) is 0.726. The number of nitrogens with one attached hydrogen (secondary N) is 1. The van der Waals surface area contributed by atoms with Crippen LogP contribution in [0.1, 0.15) is 25.0 Å². The van der Waals surface area contributed by atoms with Crippen molar-refractivity contribution < 1.29 is 14.1 Å². The minimum Gasteiger partial charge on any atom is -0.481 e. The molecule has 3 aromatic rings. The molecule has 1 N–H and O–H groups in total. The van der Waals surface area contributed by atoms with Gasteiger partial charge < -0.3 is 9.26 Å². The minimum atomic E-state index is -0.691. The van der Waals surface area contributed by atoms with Crippen molar-refractivity contribution >= 4 is 11.9 Å². The highest BCUT2D eigenvalue weighted by atomic mass is 16.5. The molecule has 0 saturated carbocycles. The molecule has 3 rings (SSSR count). The number of ether oxygens (including phenoxy) is 1. The van der Waals surface area contributed by atoms with E-state index in [-0.39, 0.29) is 11.9 Å². The van der Waals surface area contributed by atoms with Crippen LogP contribution < -0.4 is 10.1 Å². The first kappa shape index (κ1) is 17.7. The molecule has 6 nitrogen and oxygen atoms in total. The number of carbonyl (C=O) groups is 1. The van der Waals surface area contributed by atoms with Crippen molar-refractivity contribution in [1.82, 2.24) is 10.1 Å². The van der Waals surface area contributed by atoms with Gasteiger partial charge in [0, 0.05) is 5.56 Å². The third-order valence-corrected chi connectivity index (χ3v) is 3.94. The molecule has 0 aliphatic rings. The smallest absolute Gasteiger partial charge is 0.270 e. The van der Waals surface area contributed by atoms with Crippen molar-refractivity contribution in [2.24, 2.45) is 0 Å². The molecule has 1 unspecified atom stereocenters. The van der Waals surface area contributed by atoms with Gasteiger partial charge in [0.15, 0.2) is 6.10 Å². The number of hydrogen-bond donors (Lipinski definition) is 1. The van der Waals surface area contributed by atoms with E-state index in [2.05, 4.69) is 22.4 Å². The summed E-state index contributed by atoms with van der Waals surface area (Å²) in [6, 6.07) is 15.4. The summed E-state index contributed by atoms with van der Waals surface area (Å²) in [5.74, 6) is 0.760. The van der Waals surface area contributed by atoms with Crippen LogP contribution in [0.2, 0.25) is 0 Å². The van der Waals surface area contributed by atoms with Crippen molar-refractivity contribution in [1.29, 1.82) is 0 Å². The van der Waals surface area contributed by atoms with Crippen LogP contribution in [0, 0.1) is 6.92 Å². The molecule has 1 amide bonds. The van der Waals surface area contributed by atoms with E-state index in [9.17, 15) is 4.79 Å². The lowest BCUT2D eigenvalue weighted by Crippen LogP contribution is -2.30. The van der Waals surface area contributed by atoms with Crippen molar-refractivity contribution in [2.45, 2.75) is 33.3 Å². The second-order valence-corrected chi connectivity index (χ2v) is 6.04.